The highest BCUT2D eigenvalue weighted by atomic mass is 35.5. The van der Waals surface area contributed by atoms with Crippen molar-refractivity contribution in [1.29, 1.82) is 0 Å². The molecule has 0 spiro atoms. The maximum absolute atomic E-state index is 12.0. The molecule has 1 amide bonds. The van der Waals surface area contributed by atoms with Gasteiger partial charge in [-0.2, -0.15) is 0 Å². The molecule has 1 saturated heterocycles. The van der Waals surface area contributed by atoms with E-state index in [9.17, 15) is 14.9 Å². The third-order valence-electron chi connectivity index (χ3n) is 3.64. The summed E-state index contributed by atoms with van der Waals surface area (Å²) in [6, 6.07) is 3.87. The zero-order chi connectivity index (χ0) is 15.2. The van der Waals surface area contributed by atoms with E-state index in [1.807, 2.05) is 0 Å². The topological polar surface area (TPSA) is 84.3 Å². The summed E-state index contributed by atoms with van der Waals surface area (Å²) in [5.74, 6) is 0.201. The van der Waals surface area contributed by atoms with E-state index in [4.69, 9.17) is 11.6 Å². The van der Waals surface area contributed by atoms with Crippen molar-refractivity contribution in [3.05, 3.63) is 38.9 Å². The van der Waals surface area contributed by atoms with E-state index in [1.54, 1.807) is 0 Å². The van der Waals surface area contributed by atoms with E-state index in [2.05, 4.69) is 10.6 Å². The second kappa shape index (κ2) is 7.38. The van der Waals surface area contributed by atoms with Gasteiger partial charge in [-0.3, -0.25) is 14.9 Å². The molecular formula is C14H18ClN3O3. The molecule has 7 heteroatoms. The summed E-state index contributed by atoms with van der Waals surface area (Å²) in [6.07, 6.45) is 3.22. The number of hydrogen-bond donors (Lipinski definition) is 2. The molecule has 6 nitrogen and oxygen atoms in total. The van der Waals surface area contributed by atoms with E-state index >= 15 is 0 Å². The van der Waals surface area contributed by atoms with Gasteiger partial charge >= 0.3 is 0 Å². The summed E-state index contributed by atoms with van der Waals surface area (Å²) < 4.78 is 0. The average Bonchev–Trinajstić information content (AvgIpc) is 2.48. The van der Waals surface area contributed by atoms with Crippen molar-refractivity contribution in [3.8, 4) is 0 Å². The van der Waals surface area contributed by atoms with Crippen molar-refractivity contribution >= 4 is 23.2 Å². The van der Waals surface area contributed by atoms with Crippen LogP contribution in [-0.2, 0) is 0 Å². The second-order valence-corrected chi connectivity index (χ2v) is 5.59. The Hall–Kier alpha value is -1.66. The fraction of sp³-hybridized carbons (Fsp3) is 0.500. The largest absolute Gasteiger partial charge is 0.352 e. The third kappa shape index (κ3) is 4.41. The lowest BCUT2D eigenvalue weighted by molar-refractivity contribution is -0.384. The highest BCUT2D eigenvalue weighted by Gasteiger charge is 2.17. The third-order valence-corrected chi connectivity index (χ3v) is 3.97. The number of amides is 1. The first-order valence-electron chi connectivity index (χ1n) is 7.01. The molecule has 2 N–H and O–H groups in total. The molecule has 1 heterocycles. The molecule has 1 aromatic rings. The maximum atomic E-state index is 12.0. The first kappa shape index (κ1) is 15.7. The zero-order valence-electron chi connectivity index (χ0n) is 11.6. The highest BCUT2D eigenvalue weighted by molar-refractivity contribution is 6.33. The summed E-state index contributed by atoms with van der Waals surface area (Å²) in [5.41, 5.74) is 0.00802. The van der Waals surface area contributed by atoms with Gasteiger partial charge in [0.2, 0.25) is 0 Å². The highest BCUT2D eigenvalue weighted by Crippen LogP contribution is 2.22. The smallest absolute Gasteiger partial charge is 0.270 e. The molecule has 1 fully saturated rings. The molecule has 114 valence electrons. The van der Waals surface area contributed by atoms with Crippen molar-refractivity contribution in [2.45, 2.75) is 19.3 Å². The number of nitrogens with zero attached hydrogens (tertiary/aromatic N) is 1. The monoisotopic (exact) mass is 311 g/mol. The van der Waals surface area contributed by atoms with Crippen LogP contribution in [0, 0.1) is 16.0 Å². The molecule has 1 aliphatic rings. The van der Waals surface area contributed by atoms with Gasteiger partial charge in [-0.05, 0) is 44.3 Å². The minimum atomic E-state index is -0.541. The van der Waals surface area contributed by atoms with Crippen molar-refractivity contribution < 1.29 is 9.72 Å². The SMILES string of the molecule is O=C(NCCC1CCCNC1)c1cc([N+](=O)[O-])ccc1Cl. The molecule has 0 aromatic heterocycles. The molecule has 21 heavy (non-hydrogen) atoms. The Balaban J connectivity index is 1.90. The van der Waals surface area contributed by atoms with Gasteiger partial charge < -0.3 is 10.6 Å². The van der Waals surface area contributed by atoms with Crippen LogP contribution in [0.2, 0.25) is 5.02 Å². The van der Waals surface area contributed by atoms with Crippen LogP contribution in [0.1, 0.15) is 29.6 Å². The molecule has 0 saturated carbocycles. The molecule has 0 aliphatic carbocycles. The summed E-state index contributed by atoms with van der Waals surface area (Å²) in [7, 11) is 0. The van der Waals surface area contributed by atoms with Crippen molar-refractivity contribution in [3.63, 3.8) is 0 Å². The zero-order valence-corrected chi connectivity index (χ0v) is 12.4. The first-order chi connectivity index (χ1) is 10.1. The Morgan fingerprint density at radius 1 is 1.52 bits per heavy atom. The first-order valence-corrected chi connectivity index (χ1v) is 7.38. The molecule has 1 aromatic carbocycles. The summed E-state index contributed by atoms with van der Waals surface area (Å²) >= 11 is 5.93. The molecule has 2 rings (SSSR count). The molecule has 1 atom stereocenters. The number of nitro groups is 1. The Morgan fingerprint density at radius 3 is 3.00 bits per heavy atom. The average molecular weight is 312 g/mol. The van der Waals surface area contributed by atoms with E-state index < -0.39 is 4.92 Å². The predicted molar refractivity (Wildman–Crippen MR) is 80.7 cm³/mol. The molecule has 1 unspecified atom stereocenters. The van der Waals surface area contributed by atoms with Gasteiger partial charge in [0.15, 0.2) is 0 Å². The lowest BCUT2D eigenvalue weighted by Crippen LogP contribution is -2.33. The number of rotatable bonds is 5. The Kier molecular flexibility index (Phi) is 5.52. The number of carbonyl (C=O) groups excluding carboxylic acids is 1. The molecule has 1 aliphatic heterocycles. The van der Waals surface area contributed by atoms with Crippen LogP contribution in [0.5, 0.6) is 0 Å². The van der Waals surface area contributed by atoms with Crippen molar-refractivity contribution in [2.24, 2.45) is 5.92 Å². The minimum absolute atomic E-state index is 0.138. The summed E-state index contributed by atoms with van der Waals surface area (Å²) in [5, 5.41) is 17.1. The fourth-order valence-electron chi connectivity index (χ4n) is 2.46. The van der Waals surface area contributed by atoms with Crippen LogP contribution in [0.15, 0.2) is 18.2 Å². The van der Waals surface area contributed by atoms with Gasteiger partial charge in [-0.15, -0.1) is 0 Å². The Bertz CT molecular complexity index is 530. The molecule has 0 radical (unpaired) electrons. The molecular weight excluding hydrogens is 294 g/mol. The normalized spacial score (nSPS) is 18.2. The minimum Gasteiger partial charge on any atom is -0.352 e. The summed E-state index contributed by atoms with van der Waals surface area (Å²) in [4.78, 5) is 22.2. The number of non-ortho nitro benzene ring substituents is 1. The van der Waals surface area contributed by atoms with Gasteiger partial charge in [0, 0.05) is 18.7 Å². The fourth-order valence-corrected chi connectivity index (χ4v) is 2.66. The van der Waals surface area contributed by atoms with Crippen LogP contribution in [-0.4, -0.2) is 30.5 Å². The van der Waals surface area contributed by atoms with E-state index in [0.29, 0.717) is 12.5 Å². The van der Waals surface area contributed by atoms with E-state index in [1.165, 1.54) is 24.6 Å². The van der Waals surface area contributed by atoms with Gasteiger partial charge in [0.1, 0.15) is 0 Å². The summed E-state index contributed by atoms with van der Waals surface area (Å²) in [6.45, 7) is 2.59. The maximum Gasteiger partial charge on any atom is 0.270 e. The Labute approximate surface area is 128 Å². The number of benzene rings is 1. The number of nitrogens with one attached hydrogen (secondary N) is 2. The van der Waals surface area contributed by atoms with Crippen LogP contribution in [0.4, 0.5) is 5.69 Å². The predicted octanol–water partition coefficient (Wildman–Crippen LogP) is 2.37. The van der Waals surface area contributed by atoms with Gasteiger partial charge in [-0.1, -0.05) is 11.6 Å². The number of halogens is 1. The Morgan fingerprint density at radius 2 is 2.33 bits per heavy atom. The number of nitro benzene ring substituents is 1. The lowest BCUT2D eigenvalue weighted by atomic mass is 9.96. The van der Waals surface area contributed by atoms with Gasteiger partial charge in [0.05, 0.1) is 15.5 Å². The molecule has 0 bridgehead atoms. The quantitative estimate of drug-likeness (QED) is 0.646. The van der Waals surface area contributed by atoms with Crippen molar-refractivity contribution in [1.82, 2.24) is 10.6 Å². The van der Waals surface area contributed by atoms with Gasteiger partial charge in [0.25, 0.3) is 11.6 Å². The number of carbonyl (C=O) groups is 1. The van der Waals surface area contributed by atoms with E-state index in [-0.39, 0.29) is 22.2 Å². The van der Waals surface area contributed by atoms with Crippen LogP contribution in [0.25, 0.3) is 0 Å². The number of hydrogen-bond acceptors (Lipinski definition) is 4. The van der Waals surface area contributed by atoms with Gasteiger partial charge in [-0.25, -0.2) is 0 Å². The number of piperidine rings is 1. The lowest BCUT2D eigenvalue weighted by Gasteiger charge is -2.22. The van der Waals surface area contributed by atoms with E-state index in [0.717, 1.165) is 25.9 Å². The standard InChI is InChI=1S/C14H18ClN3O3/c15-13-4-3-11(18(20)21)8-12(13)14(19)17-7-5-10-2-1-6-16-9-10/h3-4,8,10,16H,1-2,5-7,9H2,(H,17,19). The van der Waals surface area contributed by atoms with Crippen molar-refractivity contribution in [2.75, 3.05) is 19.6 Å². The van der Waals surface area contributed by atoms with Crippen LogP contribution >= 0.6 is 11.6 Å². The van der Waals surface area contributed by atoms with Crippen LogP contribution < -0.4 is 10.6 Å². The van der Waals surface area contributed by atoms with Crippen LogP contribution in [0.3, 0.4) is 0 Å². The second-order valence-electron chi connectivity index (χ2n) is 5.18.